The highest BCUT2D eigenvalue weighted by Gasteiger charge is 2.24. The smallest absolute Gasteiger partial charge is 0.265 e. The summed E-state index contributed by atoms with van der Waals surface area (Å²) in [4.78, 5) is 0. The Morgan fingerprint density at radius 1 is 1.26 bits per heavy atom. The molecule has 158 valence electrons. The lowest BCUT2D eigenvalue weighted by Gasteiger charge is -2.02. The zero-order valence-corrected chi connectivity index (χ0v) is 19.1. The van der Waals surface area contributed by atoms with Gasteiger partial charge in [-0.05, 0) is 35.2 Å². The standard InChI is InChI=1S/C22H18N2O4S3/c1-28-18-13-19-21(22-17(18)8-10-29-22)24(9-3-11-31(25,26)27)20(30-19)7-6-15-4-2-5-16(12-15)14-23/h2,4-8,10,12-13H,3,9,11H2,1H3/p+1/b7-6+. The third-order valence-corrected chi connectivity index (χ3v) is 7.65. The number of hydrogen-bond donors (Lipinski definition) is 1. The highest BCUT2D eigenvalue weighted by atomic mass is 32.2. The summed E-state index contributed by atoms with van der Waals surface area (Å²) in [6.07, 6.45) is 4.20. The molecule has 0 aliphatic heterocycles. The molecule has 0 fully saturated rings. The first kappa shape index (κ1) is 21.5. The van der Waals surface area contributed by atoms with Crippen LogP contribution in [0, 0.1) is 11.3 Å². The lowest BCUT2D eigenvalue weighted by molar-refractivity contribution is -0.667. The molecule has 0 atom stereocenters. The Morgan fingerprint density at radius 3 is 2.84 bits per heavy atom. The van der Waals surface area contributed by atoms with Crippen molar-refractivity contribution >= 4 is 65.2 Å². The van der Waals surface area contributed by atoms with Crippen molar-refractivity contribution in [3.8, 4) is 11.8 Å². The van der Waals surface area contributed by atoms with Crippen molar-refractivity contribution in [1.29, 1.82) is 5.26 Å². The average molecular weight is 472 g/mol. The molecule has 0 aliphatic carbocycles. The fraction of sp³-hybridized carbons (Fsp3) is 0.182. The number of fused-ring (bicyclic) bond motifs is 3. The number of methoxy groups -OCH3 is 1. The summed E-state index contributed by atoms with van der Waals surface area (Å²) in [5.41, 5.74) is 2.51. The number of rotatable bonds is 7. The minimum atomic E-state index is -4.02. The molecule has 6 nitrogen and oxygen atoms in total. The Balaban J connectivity index is 1.83. The molecule has 2 heterocycles. The van der Waals surface area contributed by atoms with Gasteiger partial charge in [-0.3, -0.25) is 4.55 Å². The second kappa shape index (κ2) is 8.77. The molecular formula is C22H19N2O4S3+. The van der Waals surface area contributed by atoms with E-state index in [2.05, 4.69) is 10.6 Å². The van der Waals surface area contributed by atoms with Gasteiger partial charge in [-0.15, -0.1) is 11.3 Å². The Labute approximate surface area is 188 Å². The van der Waals surface area contributed by atoms with E-state index in [4.69, 9.17) is 14.6 Å². The topological polar surface area (TPSA) is 91.3 Å². The molecule has 0 amide bonds. The van der Waals surface area contributed by atoms with E-state index in [1.54, 1.807) is 35.8 Å². The fourth-order valence-corrected chi connectivity index (χ4v) is 6.13. The van der Waals surface area contributed by atoms with Crippen molar-refractivity contribution in [2.75, 3.05) is 12.9 Å². The fourth-order valence-electron chi connectivity index (χ4n) is 3.47. The largest absolute Gasteiger partial charge is 0.496 e. The van der Waals surface area contributed by atoms with Gasteiger partial charge in [0.05, 0.1) is 24.5 Å². The predicted octanol–water partition coefficient (Wildman–Crippen LogP) is 4.73. The average Bonchev–Trinajstić information content (AvgIpc) is 3.35. The van der Waals surface area contributed by atoms with Crippen LogP contribution in [0.25, 0.3) is 32.5 Å². The monoisotopic (exact) mass is 471 g/mol. The summed E-state index contributed by atoms with van der Waals surface area (Å²) in [5, 5.41) is 13.1. The van der Waals surface area contributed by atoms with Gasteiger partial charge in [0.1, 0.15) is 15.1 Å². The van der Waals surface area contributed by atoms with Crippen LogP contribution in [0.3, 0.4) is 0 Å². The second-order valence-electron chi connectivity index (χ2n) is 6.89. The lowest BCUT2D eigenvalue weighted by Crippen LogP contribution is -2.36. The molecule has 0 bridgehead atoms. The Morgan fingerprint density at radius 2 is 2.10 bits per heavy atom. The molecule has 0 saturated heterocycles. The number of ether oxygens (including phenoxy) is 1. The van der Waals surface area contributed by atoms with E-state index in [1.165, 1.54) is 0 Å². The van der Waals surface area contributed by atoms with Gasteiger partial charge >= 0.3 is 0 Å². The Hall–Kier alpha value is -2.77. The molecule has 0 unspecified atom stereocenters. The quantitative estimate of drug-likeness (QED) is 0.311. The summed E-state index contributed by atoms with van der Waals surface area (Å²) in [6, 6.07) is 13.5. The van der Waals surface area contributed by atoms with E-state index in [1.807, 2.05) is 47.9 Å². The number of aromatic nitrogens is 1. The number of benzene rings is 2. The van der Waals surface area contributed by atoms with Crippen molar-refractivity contribution in [3.05, 3.63) is 57.9 Å². The van der Waals surface area contributed by atoms with E-state index >= 15 is 0 Å². The van der Waals surface area contributed by atoms with Crippen LogP contribution in [0.5, 0.6) is 5.75 Å². The van der Waals surface area contributed by atoms with Crippen LogP contribution in [0.1, 0.15) is 22.6 Å². The number of thiophene rings is 1. The first-order chi connectivity index (χ1) is 14.9. The van der Waals surface area contributed by atoms with E-state index in [-0.39, 0.29) is 5.75 Å². The van der Waals surface area contributed by atoms with E-state index in [0.717, 1.165) is 36.6 Å². The van der Waals surface area contributed by atoms with Crippen LogP contribution in [-0.2, 0) is 16.7 Å². The van der Waals surface area contributed by atoms with Crippen molar-refractivity contribution in [1.82, 2.24) is 0 Å². The molecule has 2 aromatic heterocycles. The number of hydrogen-bond acceptors (Lipinski definition) is 6. The van der Waals surface area contributed by atoms with Gasteiger partial charge in [-0.25, -0.2) is 0 Å². The van der Waals surface area contributed by atoms with Crippen LogP contribution < -0.4 is 9.30 Å². The predicted molar refractivity (Wildman–Crippen MR) is 125 cm³/mol. The highest BCUT2D eigenvalue weighted by molar-refractivity contribution is 7.85. The third kappa shape index (κ3) is 4.62. The molecular weight excluding hydrogens is 452 g/mol. The summed E-state index contributed by atoms with van der Waals surface area (Å²) >= 11 is 3.19. The maximum Gasteiger partial charge on any atom is 0.265 e. The highest BCUT2D eigenvalue weighted by Crippen LogP contribution is 2.38. The van der Waals surface area contributed by atoms with Gasteiger partial charge in [0.25, 0.3) is 15.1 Å². The summed E-state index contributed by atoms with van der Waals surface area (Å²) in [7, 11) is -2.38. The van der Waals surface area contributed by atoms with Gasteiger partial charge < -0.3 is 4.74 Å². The number of thiazole rings is 1. The van der Waals surface area contributed by atoms with E-state index in [9.17, 15) is 8.42 Å². The molecule has 2 aromatic carbocycles. The second-order valence-corrected chi connectivity index (χ2v) is 10.4. The van der Waals surface area contributed by atoms with E-state index < -0.39 is 10.1 Å². The maximum atomic E-state index is 11.2. The van der Waals surface area contributed by atoms with Crippen molar-refractivity contribution < 1.29 is 22.3 Å². The molecule has 4 rings (SSSR count). The number of nitriles is 1. The number of nitrogens with zero attached hydrogens (tertiary/aromatic N) is 2. The van der Waals surface area contributed by atoms with Crippen molar-refractivity contribution in [3.63, 3.8) is 0 Å². The Bertz CT molecular complexity index is 1440. The van der Waals surface area contributed by atoms with Crippen LogP contribution in [0.4, 0.5) is 0 Å². The molecule has 31 heavy (non-hydrogen) atoms. The van der Waals surface area contributed by atoms with Crippen LogP contribution in [0.2, 0.25) is 0 Å². The van der Waals surface area contributed by atoms with Gasteiger partial charge in [0.2, 0.25) is 5.52 Å². The van der Waals surface area contributed by atoms with Crippen LogP contribution in [0.15, 0.2) is 41.8 Å². The molecule has 0 saturated carbocycles. The van der Waals surface area contributed by atoms with Gasteiger partial charge in [0.15, 0.2) is 6.54 Å². The van der Waals surface area contributed by atoms with Crippen molar-refractivity contribution in [2.45, 2.75) is 13.0 Å². The molecule has 0 aliphatic rings. The third-order valence-electron chi connectivity index (χ3n) is 4.83. The summed E-state index contributed by atoms with van der Waals surface area (Å²) < 4.78 is 41.4. The SMILES string of the molecule is COc1cc2sc(/C=C/c3cccc(C#N)c3)[n+](CCCS(=O)(=O)O)c2c2sccc12. The minimum absolute atomic E-state index is 0.291. The zero-order chi connectivity index (χ0) is 22.0. The maximum absolute atomic E-state index is 11.2. The summed E-state index contributed by atoms with van der Waals surface area (Å²) in [5.74, 6) is 0.501. The molecule has 4 aromatic rings. The molecule has 0 spiro atoms. The summed E-state index contributed by atoms with van der Waals surface area (Å²) in [6.45, 7) is 0.441. The van der Waals surface area contributed by atoms with Crippen LogP contribution >= 0.6 is 22.7 Å². The zero-order valence-electron chi connectivity index (χ0n) is 16.6. The normalized spacial score (nSPS) is 12.0. The molecule has 0 radical (unpaired) electrons. The first-order valence-electron chi connectivity index (χ1n) is 9.43. The minimum Gasteiger partial charge on any atom is -0.496 e. The lowest BCUT2D eigenvalue weighted by atomic mass is 10.1. The van der Waals surface area contributed by atoms with Gasteiger partial charge in [-0.2, -0.15) is 18.2 Å². The van der Waals surface area contributed by atoms with Crippen molar-refractivity contribution in [2.24, 2.45) is 0 Å². The Kier molecular flexibility index (Phi) is 6.07. The molecule has 9 heteroatoms. The molecule has 1 N–H and O–H groups in total. The van der Waals surface area contributed by atoms with E-state index in [0.29, 0.717) is 18.5 Å². The van der Waals surface area contributed by atoms with Crippen LogP contribution in [-0.4, -0.2) is 25.8 Å². The van der Waals surface area contributed by atoms with Gasteiger partial charge in [-0.1, -0.05) is 23.5 Å². The number of aryl methyl sites for hydroxylation is 1. The van der Waals surface area contributed by atoms with Gasteiger partial charge in [0, 0.05) is 23.9 Å². The first-order valence-corrected chi connectivity index (χ1v) is 12.7.